The molecule has 1 rings (SSSR count). The fraction of sp³-hybridized carbons (Fsp3) is 0.556. The minimum atomic E-state index is -0.0784. The van der Waals surface area contributed by atoms with Crippen LogP contribution in [0.4, 0.5) is 0 Å². The number of rotatable bonds is 9. The quantitative estimate of drug-likeness (QED) is 0.323. The summed E-state index contributed by atoms with van der Waals surface area (Å²) in [4.78, 5) is 17.5. The van der Waals surface area contributed by atoms with Gasteiger partial charge in [0.1, 0.15) is 24.1 Å². The highest BCUT2D eigenvalue weighted by molar-refractivity contribution is 14.0. The zero-order valence-electron chi connectivity index (χ0n) is 16.2. The number of hydrogen-bond acceptors (Lipinski definition) is 4. The van der Waals surface area contributed by atoms with E-state index < -0.39 is 0 Å². The van der Waals surface area contributed by atoms with Crippen LogP contribution in [0, 0.1) is 0 Å². The molecular weight excluding hydrogens is 447 g/mol. The number of hydrogen-bond donors (Lipinski definition) is 2. The Balaban J connectivity index is 0.00000625. The third-order valence-corrected chi connectivity index (χ3v) is 3.35. The summed E-state index contributed by atoms with van der Waals surface area (Å²) >= 11 is 0. The van der Waals surface area contributed by atoms with Crippen LogP contribution in [-0.4, -0.2) is 63.7 Å². The van der Waals surface area contributed by atoms with Gasteiger partial charge in [0.25, 0.3) is 0 Å². The molecule has 1 aromatic carbocycles. The fourth-order valence-electron chi connectivity index (χ4n) is 1.89. The SMILES string of the molecule is CCCNC(=NCC(=O)N(C)C)NCC(C)Oc1cccc(OC)c1.I. The third kappa shape index (κ3) is 9.69. The van der Waals surface area contributed by atoms with Gasteiger partial charge in [-0.25, -0.2) is 4.99 Å². The van der Waals surface area contributed by atoms with E-state index in [0.717, 1.165) is 24.5 Å². The predicted octanol–water partition coefficient (Wildman–Crippen LogP) is 2.11. The minimum absolute atomic E-state index is 0. The molecule has 148 valence electrons. The lowest BCUT2D eigenvalue weighted by atomic mass is 10.3. The normalized spacial score (nSPS) is 11.8. The van der Waals surface area contributed by atoms with Crippen LogP contribution in [0.15, 0.2) is 29.3 Å². The number of ether oxygens (including phenoxy) is 2. The van der Waals surface area contributed by atoms with Crippen molar-refractivity contribution in [3.63, 3.8) is 0 Å². The number of carbonyl (C=O) groups excluding carboxylic acids is 1. The van der Waals surface area contributed by atoms with Crippen molar-refractivity contribution in [1.82, 2.24) is 15.5 Å². The van der Waals surface area contributed by atoms with Crippen molar-refractivity contribution in [2.75, 3.05) is 40.8 Å². The molecule has 0 aliphatic rings. The molecule has 0 saturated heterocycles. The van der Waals surface area contributed by atoms with Crippen molar-refractivity contribution >= 4 is 35.8 Å². The molecule has 1 atom stereocenters. The van der Waals surface area contributed by atoms with Crippen LogP contribution in [0.2, 0.25) is 0 Å². The second kappa shape index (κ2) is 13.5. The number of carbonyl (C=O) groups is 1. The highest BCUT2D eigenvalue weighted by Gasteiger charge is 2.08. The fourth-order valence-corrected chi connectivity index (χ4v) is 1.89. The summed E-state index contributed by atoms with van der Waals surface area (Å²) in [7, 11) is 5.06. The first-order valence-corrected chi connectivity index (χ1v) is 8.49. The maximum atomic E-state index is 11.7. The first-order valence-electron chi connectivity index (χ1n) is 8.49. The number of aliphatic imine (C=N–C) groups is 1. The second-order valence-corrected chi connectivity index (χ2v) is 5.87. The van der Waals surface area contributed by atoms with Gasteiger partial charge in [-0.1, -0.05) is 13.0 Å². The standard InChI is InChI=1S/C18H30N4O3.HI/c1-6-10-19-18(21-13-17(23)22(3)4)20-12-14(2)25-16-9-7-8-15(11-16)24-5;/h7-9,11,14H,6,10,12-13H2,1-5H3,(H2,19,20,21);1H. The molecule has 7 nitrogen and oxygen atoms in total. The lowest BCUT2D eigenvalue weighted by Gasteiger charge is -2.18. The number of amides is 1. The predicted molar refractivity (Wildman–Crippen MR) is 116 cm³/mol. The maximum Gasteiger partial charge on any atom is 0.243 e. The Kier molecular flexibility index (Phi) is 12.6. The van der Waals surface area contributed by atoms with E-state index in [-0.39, 0.29) is 42.5 Å². The summed E-state index contributed by atoms with van der Waals surface area (Å²) in [6.07, 6.45) is 0.892. The topological polar surface area (TPSA) is 75.2 Å². The van der Waals surface area contributed by atoms with Gasteiger partial charge in [-0.15, -0.1) is 24.0 Å². The van der Waals surface area contributed by atoms with Gasteiger partial charge in [0, 0.05) is 26.7 Å². The molecule has 26 heavy (non-hydrogen) atoms. The highest BCUT2D eigenvalue weighted by Crippen LogP contribution is 2.19. The Morgan fingerprint density at radius 2 is 1.96 bits per heavy atom. The van der Waals surface area contributed by atoms with Crippen molar-refractivity contribution < 1.29 is 14.3 Å². The first kappa shape index (κ1) is 24.3. The molecule has 0 spiro atoms. The Morgan fingerprint density at radius 3 is 2.58 bits per heavy atom. The molecule has 0 aromatic heterocycles. The summed E-state index contributed by atoms with van der Waals surface area (Å²) in [6.45, 7) is 5.49. The summed E-state index contributed by atoms with van der Waals surface area (Å²) in [5.41, 5.74) is 0. The average Bonchev–Trinajstić information content (AvgIpc) is 2.60. The van der Waals surface area contributed by atoms with E-state index in [9.17, 15) is 4.79 Å². The molecule has 1 amide bonds. The zero-order valence-corrected chi connectivity index (χ0v) is 18.6. The van der Waals surface area contributed by atoms with Gasteiger partial charge < -0.3 is 25.0 Å². The summed E-state index contributed by atoms with van der Waals surface area (Å²) in [5, 5.41) is 6.40. The van der Waals surface area contributed by atoms with Crippen LogP contribution in [0.25, 0.3) is 0 Å². The molecule has 2 N–H and O–H groups in total. The number of halogens is 1. The molecule has 0 fully saturated rings. The molecule has 1 aromatic rings. The minimum Gasteiger partial charge on any atom is -0.497 e. The molecule has 0 aliphatic carbocycles. The molecular formula is C18H31IN4O3. The van der Waals surface area contributed by atoms with E-state index in [1.807, 2.05) is 31.2 Å². The van der Waals surface area contributed by atoms with E-state index in [2.05, 4.69) is 22.5 Å². The number of nitrogens with zero attached hydrogens (tertiary/aromatic N) is 2. The summed E-state index contributed by atoms with van der Waals surface area (Å²) < 4.78 is 11.1. The summed E-state index contributed by atoms with van der Waals surface area (Å²) in [5.74, 6) is 2.07. The van der Waals surface area contributed by atoms with Gasteiger partial charge in [0.2, 0.25) is 5.91 Å². The maximum absolute atomic E-state index is 11.7. The van der Waals surface area contributed by atoms with Gasteiger partial charge in [-0.3, -0.25) is 4.79 Å². The molecule has 0 bridgehead atoms. The molecule has 0 aliphatic heterocycles. The average molecular weight is 478 g/mol. The zero-order chi connectivity index (χ0) is 18.7. The largest absolute Gasteiger partial charge is 0.497 e. The van der Waals surface area contributed by atoms with E-state index in [1.54, 1.807) is 21.2 Å². The van der Waals surface area contributed by atoms with Crippen LogP contribution >= 0.6 is 24.0 Å². The number of methoxy groups -OCH3 is 1. The highest BCUT2D eigenvalue weighted by atomic mass is 127. The molecule has 1 unspecified atom stereocenters. The Labute approximate surface area is 173 Å². The van der Waals surface area contributed by atoms with Crippen molar-refractivity contribution in [1.29, 1.82) is 0 Å². The Bertz CT molecular complexity index is 567. The van der Waals surface area contributed by atoms with E-state index >= 15 is 0 Å². The number of benzene rings is 1. The van der Waals surface area contributed by atoms with Gasteiger partial charge >= 0.3 is 0 Å². The van der Waals surface area contributed by atoms with Crippen molar-refractivity contribution in [2.24, 2.45) is 4.99 Å². The Morgan fingerprint density at radius 1 is 1.27 bits per heavy atom. The van der Waals surface area contributed by atoms with Crippen LogP contribution < -0.4 is 20.1 Å². The van der Waals surface area contributed by atoms with Gasteiger partial charge in [-0.05, 0) is 25.5 Å². The summed E-state index contributed by atoms with van der Waals surface area (Å²) in [6, 6.07) is 7.49. The molecule has 0 heterocycles. The Hall–Kier alpha value is -1.71. The molecule has 0 radical (unpaired) electrons. The van der Waals surface area contributed by atoms with Gasteiger partial charge in [0.05, 0.1) is 13.7 Å². The lowest BCUT2D eigenvalue weighted by molar-refractivity contribution is -0.127. The van der Waals surface area contributed by atoms with Gasteiger partial charge in [-0.2, -0.15) is 0 Å². The van der Waals surface area contributed by atoms with Crippen LogP contribution in [0.3, 0.4) is 0 Å². The van der Waals surface area contributed by atoms with Crippen LogP contribution in [0.1, 0.15) is 20.3 Å². The van der Waals surface area contributed by atoms with Gasteiger partial charge in [0.15, 0.2) is 5.96 Å². The smallest absolute Gasteiger partial charge is 0.243 e. The number of nitrogens with one attached hydrogen (secondary N) is 2. The van der Waals surface area contributed by atoms with Crippen molar-refractivity contribution in [2.45, 2.75) is 26.4 Å². The molecule has 8 heteroatoms. The number of likely N-dealkylation sites (N-methyl/N-ethyl adjacent to an activating group) is 1. The van der Waals surface area contributed by atoms with Crippen molar-refractivity contribution in [3.8, 4) is 11.5 Å². The van der Waals surface area contributed by atoms with E-state index in [1.165, 1.54) is 4.90 Å². The van der Waals surface area contributed by atoms with Crippen LogP contribution in [0.5, 0.6) is 11.5 Å². The monoisotopic (exact) mass is 478 g/mol. The second-order valence-electron chi connectivity index (χ2n) is 5.87. The third-order valence-electron chi connectivity index (χ3n) is 3.35. The first-order chi connectivity index (χ1) is 12.0. The molecule has 0 saturated carbocycles. The lowest BCUT2D eigenvalue weighted by Crippen LogP contribution is -2.42. The van der Waals surface area contributed by atoms with Crippen LogP contribution in [-0.2, 0) is 4.79 Å². The number of guanidine groups is 1. The van der Waals surface area contributed by atoms with E-state index in [4.69, 9.17) is 9.47 Å². The van der Waals surface area contributed by atoms with E-state index in [0.29, 0.717) is 12.5 Å². The van der Waals surface area contributed by atoms with Crippen molar-refractivity contribution in [3.05, 3.63) is 24.3 Å².